The molecule has 3 saturated heterocycles. The molecule has 0 spiro atoms. The van der Waals surface area contributed by atoms with E-state index in [-0.39, 0.29) is 53.9 Å². The van der Waals surface area contributed by atoms with Crippen molar-refractivity contribution >= 4 is 70.2 Å². The molecule has 3 aromatic carbocycles. The van der Waals surface area contributed by atoms with Crippen LogP contribution >= 0.6 is 12.2 Å². The van der Waals surface area contributed by atoms with Gasteiger partial charge in [-0.2, -0.15) is 23.9 Å². The SMILES string of the molecule is CC1(C)C(=O)N(c2ccc(C#N)c(C(F)(F)F)c2)C(=S)N1c1ccc(OC2CCN(c3c(CC(=O)NOC=O)cccc3NC3CCC(=O)NC3=O)CC2)c(F)c1. The zero-order valence-corrected chi connectivity index (χ0v) is 31.3. The Kier molecular flexibility index (Phi) is 11.4. The van der Waals surface area contributed by atoms with Crippen molar-refractivity contribution in [1.29, 1.82) is 5.26 Å². The summed E-state index contributed by atoms with van der Waals surface area (Å²) >= 11 is 5.57. The van der Waals surface area contributed by atoms with Gasteiger partial charge in [0.2, 0.25) is 11.8 Å². The van der Waals surface area contributed by atoms with E-state index < -0.39 is 58.5 Å². The summed E-state index contributed by atoms with van der Waals surface area (Å²) in [6, 6.07) is 12.8. The third kappa shape index (κ3) is 8.31. The first-order valence-electron chi connectivity index (χ1n) is 17.6. The standard InChI is InChI=1S/C38H35F4N7O7S/c1-37(2)35(54)48(23-7-6-22(19-43)26(17-23)38(40,41)42)36(57)49(37)24-8-10-30(27(39)18-24)56-25-12-14-47(15-13-25)33-21(16-32(52)46-55-20-50)4-3-5-28(33)44-29-9-11-31(51)45-34(29)53/h3-8,10,17-18,20,25,29,44H,9,11-16H2,1-2H3,(H,46,52)(H,45,51,53). The Hall–Kier alpha value is -6.29. The maximum atomic E-state index is 15.8. The molecule has 3 aliphatic heterocycles. The third-order valence-corrected chi connectivity index (χ3v) is 10.2. The number of ether oxygens (including phenoxy) is 1. The number of thiocarbonyl (C=S) groups is 1. The molecule has 0 bridgehead atoms. The number of para-hydroxylation sites is 1. The minimum Gasteiger partial charge on any atom is -0.487 e. The van der Waals surface area contributed by atoms with Crippen LogP contribution in [0, 0.1) is 17.1 Å². The Bertz CT molecular complexity index is 2190. The number of imide groups is 1. The summed E-state index contributed by atoms with van der Waals surface area (Å²) in [7, 11) is 0. The van der Waals surface area contributed by atoms with Gasteiger partial charge >= 0.3 is 12.6 Å². The molecule has 298 valence electrons. The van der Waals surface area contributed by atoms with Gasteiger partial charge < -0.3 is 24.7 Å². The molecule has 3 aromatic rings. The fourth-order valence-corrected chi connectivity index (χ4v) is 7.62. The largest absolute Gasteiger partial charge is 0.487 e. The quantitative estimate of drug-likeness (QED) is 0.0807. The highest BCUT2D eigenvalue weighted by Gasteiger charge is 2.51. The first-order valence-corrected chi connectivity index (χ1v) is 18.1. The van der Waals surface area contributed by atoms with Crippen LogP contribution in [0.3, 0.4) is 0 Å². The summed E-state index contributed by atoms with van der Waals surface area (Å²) in [5.41, 5.74) is 0.410. The van der Waals surface area contributed by atoms with Crippen molar-refractivity contribution in [2.45, 2.75) is 69.8 Å². The highest BCUT2D eigenvalue weighted by molar-refractivity contribution is 7.81. The Labute approximate surface area is 328 Å². The molecule has 6 rings (SSSR count). The molecule has 4 amide bonds. The lowest BCUT2D eigenvalue weighted by molar-refractivity contribution is -0.146. The fourth-order valence-electron chi connectivity index (χ4n) is 7.10. The highest BCUT2D eigenvalue weighted by atomic mass is 32.1. The van der Waals surface area contributed by atoms with Crippen molar-refractivity contribution in [2.75, 3.05) is 33.1 Å². The van der Waals surface area contributed by atoms with Gasteiger partial charge in [0.15, 0.2) is 16.7 Å². The molecule has 0 radical (unpaired) electrons. The number of nitriles is 1. The number of hydrogen-bond donors (Lipinski definition) is 3. The maximum Gasteiger partial charge on any atom is 0.417 e. The number of amides is 4. The summed E-state index contributed by atoms with van der Waals surface area (Å²) < 4.78 is 63.1. The van der Waals surface area contributed by atoms with E-state index in [1.165, 1.54) is 43.0 Å². The topological polar surface area (TPSA) is 173 Å². The molecular weight excluding hydrogens is 775 g/mol. The summed E-state index contributed by atoms with van der Waals surface area (Å²) in [6.07, 6.45) is -4.28. The van der Waals surface area contributed by atoms with Crippen molar-refractivity contribution in [3.63, 3.8) is 0 Å². The molecule has 0 aliphatic carbocycles. The number of hydrogen-bond acceptors (Lipinski definition) is 11. The third-order valence-electron chi connectivity index (χ3n) is 9.84. The number of hydroxylamine groups is 1. The van der Waals surface area contributed by atoms with E-state index in [0.717, 1.165) is 17.0 Å². The van der Waals surface area contributed by atoms with Gasteiger partial charge in [-0.05, 0) is 74.4 Å². The Morgan fingerprint density at radius 1 is 1.07 bits per heavy atom. The average Bonchev–Trinajstić information content (AvgIpc) is 3.34. The van der Waals surface area contributed by atoms with Crippen LogP contribution in [-0.4, -0.2) is 66.0 Å². The van der Waals surface area contributed by atoms with E-state index in [2.05, 4.69) is 15.5 Å². The molecule has 3 heterocycles. The molecular formula is C38H35F4N7O7S. The van der Waals surface area contributed by atoms with Crippen LogP contribution in [-0.2, 0) is 41.4 Å². The second kappa shape index (κ2) is 16.1. The van der Waals surface area contributed by atoms with Crippen molar-refractivity contribution in [2.24, 2.45) is 0 Å². The van der Waals surface area contributed by atoms with Gasteiger partial charge in [-0.15, -0.1) is 0 Å². The molecule has 1 unspecified atom stereocenters. The monoisotopic (exact) mass is 809 g/mol. The van der Waals surface area contributed by atoms with Crippen molar-refractivity contribution in [3.8, 4) is 11.8 Å². The Balaban J connectivity index is 1.17. The Morgan fingerprint density at radius 2 is 1.79 bits per heavy atom. The molecule has 3 N–H and O–H groups in total. The lowest BCUT2D eigenvalue weighted by Gasteiger charge is -2.37. The number of piperidine rings is 2. The van der Waals surface area contributed by atoms with Gasteiger partial charge in [0, 0.05) is 44.1 Å². The van der Waals surface area contributed by atoms with Crippen LogP contribution in [0.1, 0.15) is 56.2 Å². The summed E-state index contributed by atoms with van der Waals surface area (Å²) in [4.78, 5) is 69.7. The predicted molar refractivity (Wildman–Crippen MR) is 200 cm³/mol. The van der Waals surface area contributed by atoms with Crippen LogP contribution in [0.25, 0.3) is 0 Å². The van der Waals surface area contributed by atoms with Crippen LogP contribution < -0.4 is 35.6 Å². The predicted octanol–water partition coefficient (Wildman–Crippen LogP) is 4.64. The second-order valence-corrected chi connectivity index (χ2v) is 14.3. The lowest BCUT2D eigenvalue weighted by atomic mass is 10.0. The van der Waals surface area contributed by atoms with Gasteiger partial charge in [-0.25, -0.2) is 4.39 Å². The number of carbonyl (C=O) groups excluding carboxylic acids is 5. The minimum atomic E-state index is -4.87. The molecule has 57 heavy (non-hydrogen) atoms. The van der Waals surface area contributed by atoms with Crippen molar-refractivity contribution < 1.29 is 51.1 Å². The van der Waals surface area contributed by atoms with Crippen molar-refractivity contribution in [1.82, 2.24) is 10.8 Å². The number of anilines is 4. The number of alkyl halides is 3. The van der Waals surface area contributed by atoms with E-state index >= 15 is 4.39 Å². The van der Waals surface area contributed by atoms with E-state index in [9.17, 15) is 42.4 Å². The summed E-state index contributed by atoms with van der Waals surface area (Å²) in [5, 5.41) is 14.5. The molecule has 0 aromatic heterocycles. The maximum absolute atomic E-state index is 15.8. The smallest absolute Gasteiger partial charge is 0.417 e. The first kappa shape index (κ1) is 40.4. The normalized spacial score (nSPS) is 18.5. The van der Waals surface area contributed by atoms with Gasteiger partial charge in [-0.3, -0.25) is 34.2 Å². The highest BCUT2D eigenvalue weighted by Crippen LogP contribution is 2.41. The summed E-state index contributed by atoms with van der Waals surface area (Å²) in [6.45, 7) is 3.85. The van der Waals surface area contributed by atoms with Crippen LogP contribution in [0.2, 0.25) is 0 Å². The van der Waals surface area contributed by atoms with Gasteiger partial charge in [0.25, 0.3) is 11.8 Å². The second-order valence-electron chi connectivity index (χ2n) is 14.0. The Morgan fingerprint density at radius 3 is 2.44 bits per heavy atom. The number of benzene rings is 3. The fraction of sp³-hybridized carbons (Fsp3) is 0.342. The number of carbonyl (C=O) groups is 5. The molecule has 19 heteroatoms. The van der Waals surface area contributed by atoms with Crippen LogP contribution in [0.4, 0.5) is 40.3 Å². The van der Waals surface area contributed by atoms with Crippen LogP contribution in [0.15, 0.2) is 54.6 Å². The molecule has 0 saturated carbocycles. The molecule has 1 atom stereocenters. The van der Waals surface area contributed by atoms with E-state index in [4.69, 9.17) is 17.0 Å². The average molecular weight is 810 g/mol. The number of nitrogens with one attached hydrogen (secondary N) is 3. The number of rotatable bonds is 11. The minimum absolute atomic E-state index is 0.0786. The molecule has 14 nitrogen and oxygen atoms in total. The van der Waals surface area contributed by atoms with E-state index in [0.29, 0.717) is 48.9 Å². The van der Waals surface area contributed by atoms with Gasteiger partial charge in [0.05, 0.1) is 40.7 Å². The molecule has 3 fully saturated rings. The van der Waals surface area contributed by atoms with Gasteiger partial charge in [0.1, 0.15) is 17.7 Å². The van der Waals surface area contributed by atoms with E-state index in [1.807, 2.05) is 10.4 Å². The number of nitrogens with zero attached hydrogens (tertiary/aromatic N) is 4. The zero-order chi connectivity index (χ0) is 41.2. The van der Waals surface area contributed by atoms with Crippen LogP contribution in [0.5, 0.6) is 5.75 Å². The number of halogens is 4. The molecule has 3 aliphatic rings. The zero-order valence-electron chi connectivity index (χ0n) is 30.4. The van der Waals surface area contributed by atoms with E-state index in [1.54, 1.807) is 18.2 Å². The van der Waals surface area contributed by atoms with Crippen molar-refractivity contribution in [3.05, 3.63) is 77.1 Å². The summed E-state index contributed by atoms with van der Waals surface area (Å²) in [5.74, 6) is -2.98. The lowest BCUT2D eigenvalue weighted by Crippen LogP contribution is -2.47. The van der Waals surface area contributed by atoms with Gasteiger partial charge in [-0.1, -0.05) is 12.1 Å². The first-order chi connectivity index (χ1) is 27.0.